The Bertz CT molecular complexity index is 817. The summed E-state index contributed by atoms with van der Waals surface area (Å²) in [4.78, 5) is 17.4. The Morgan fingerprint density at radius 2 is 2.17 bits per heavy atom. The fraction of sp³-hybridized carbons (Fsp3) is 0.263. The van der Waals surface area contributed by atoms with Gasteiger partial charge in [-0.25, -0.2) is 14.2 Å². The highest BCUT2D eigenvalue weighted by atomic mass is 19.1. The predicted octanol–water partition coefficient (Wildman–Crippen LogP) is 3.75. The van der Waals surface area contributed by atoms with Crippen LogP contribution in [0.15, 0.2) is 53.4 Å². The molecule has 0 amide bonds. The fourth-order valence-electron chi connectivity index (χ4n) is 2.74. The molecule has 5 heteroatoms. The van der Waals surface area contributed by atoms with Crippen molar-refractivity contribution in [2.75, 3.05) is 7.05 Å². The average Bonchev–Trinajstić information content (AvgIpc) is 3.36. The van der Waals surface area contributed by atoms with Crippen molar-refractivity contribution in [2.45, 2.75) is 19.8 Å². The van der Waals surface area contributed by atoms with E-state index in [1.165, 1.54) is 0 Å². The molecule has 1 N–H and O–H groups in total. The number of carboxylic acid groups (broad SMARTS) is 1. The van der Waals surface area contributed by atoms with Gasteiger partial charge in [0.05, 0.1) is 0 Å². The minimum atomic E-state index is -1.07. The van der Waals surface area contributed by atoms with E-state index >= 15 is 0 Å². The van der Waals surface area contributed by atoms with Crippen LogP contribution in [0.3, 0.4) is 0 Å². The Morgan fingerprint density at radius 3 is 2.79 bits per heavy atom. The van der Waals surface area contributed by atoms with Crippen LogP contribution in [-0.4, -0.2) is 28.7 Å². The maximum atomic E-state index is 14.3. The number of aliphatic carboxylic acids is 1. The van der Waals surface area contributed by atoms with E-state index in [0.717, 1.165) is 18.5 Å². The van der Waals surface area contributed by atoms with Gasteiger partial charge in [-0.3, -0.25) is 0 Å². The van der Waals surface area contributed by atoms with Crippen LogP contribution in [0.1, 0.15) is 24.0 Å². The first-order chi connectivity index (χ1) is 11.4. The minimum absolute atomic E-state index is 0.00114. The lowest BCUT2D eigenvalue weighted by Crippen LogP contribution is -2.26. The highest BCUT2D eigenvalue weighted by Gasteiger charge is 2.32. The molecule has 1 heterocycles. The van der Waals surface area contributed by atoms with Gasteiger partial charge in [0.2, 0.25) is 0 Å². The lowest BCUT2D eigenvalue weighted by Gasteiger charge is -2.27. The first-order valence-electron chi connectivity index (χ1n) is 7.82. The van der Waals surface area contributed by atoms with E-state index in [1.807, 2.05) is 11.9 Å². The molecule has 1 aromatic rings. The van der Waals surface area contributed by atoms with Crippen molar-refractivity contribution in [3.05, 3.63) is 65.4 Å². The van der Waals surface area contributed by atoms with Crippen molar-refractivity contribution in [3.63, 3.8) is 0 Å². The van der Waals surface area contributed by atoms with Crippen LogP contribution in [0.5, 0.6) is 0 Å². The number of allylic oxidation sites excluding steroid dienone is 3. The van der Waals surface area contributed by atoms with Gasteiger partial charge in [0.15, 0.2) is 5.71 Å². The van der Waals surface area contributed by atoms with Gasteiger partial charge in [-0.05, 0) is 49.0 Å². The molecule has 0 unspecified atom stereocenters. The summed E-state index contributed by atoms with van der Waals surface area (Å²) in [5.74, 6) is -0.562. The van der Waals surface area contributed by atoms with Crippen LogP contribution in [0.2, 0.25) is 0 Å². The molecule has 1 aromatic carbocycles. The van der Waals surface area contributed by atoms with Crippen molar-refractivity contribution < 1.29 is 14.3 Å². The first kappa shape index (κ1) is 16.2. The first-order valence-corrected chi connectivity index (χ1v) is 7.82. The Kier molecular flexibility index (Phi) is 4.09. The second kappa shape index (κ2) is 6.07. The summed E-state index contributed by atoms with van der Waals surface area (Å²) in [7, 11) is 1.85. The Hall–Kier alpha value is -2.69. The molecule has 2 aliphatic rings. The summed E-state index contributed by atoms with van der Waals surface area (Å²) in [6.45, 7) is 5.63. The number of rotatable bonds is 4. The van der Waals surface area contributed by atoms with E-state index in [2.05, 4.69) is 11.6 Å². The minimum Gasteiger partial charge on any atom is -0.477 e. The highest BCUT2D eigenvalue weighted by molar-refractivity contribution is 6.41. The van der Waals surface area contributed by atoms with Gasteiger partial charge in [-0.1, -0.05) is 24.8 Å². The lowest BCUT2D eigenvalue weighted by molar-refractivity contribution is -0.129. The van der Waals surface area contributed by atoms with E-state index in [4.69, 9.17) is 0 Å². The molecule has 1 saturated carbocycles. The van der Waals surface area contributed by atoms with E-state index in [-0.39, 0.29) is 11.5 Å². The van der Waals surface area contributed by atoms with Crippen molar-refractivity contribution >= 4 is 17.3 Å². The summed E-state index contributed by atoms with van der Waals surface area (Å²) in [6.07, 6.45) is 5.34. The molecule has 124 valence electrons. The van der Waals surface area contributed by atoms with E-state index in [0.29, 0.717) is 28.4 Å². The number of carbonyl (C=O) groups is 1. The molecule has 1 aliphatic carbocycles. The van der Waals surface area contributed by atoms with Gasteiger partial charge in [0.25, 0.3) is 0 Å². The molecule has 1 fully saturated rings. The van der Waals surface area contributed by atoms with Gasteiger partial charge < -0.3 is 10.0 Å². The average molecular weight is 326 g/mol. The third-order valence-corrected chi connectivity index (χ3v) is 4.31. The molecule has 24 heavy (non-hydrogen) atoms. The van der Waals surface area contributed by atoms with Crippen molar-refractivity contribution in [3.8, 4) is 0 Å². The molecule has 0 atom stereocenters. The van der Waals surface area contributed by atoms with Crippen molar-refractivity contribution in [2.24, 2.45) is 10.9 Å². The second-order valence-electron chi connectivity index (χ2n) is 6.17. The molecule has 0 aromatic heterocycles. The van der Waals surface area contributed by atoms with Crippen LogP contribution in [0.25, 0.3) is 5.57 Å². The van der Waals surface area contributed by atoms with Crippen LogP contribution in [0.4, 0.5) is 4.39 Å². The fourth-order valence-corrected chi connectivity index (χ4v) is 2.74. The molecule has 0 bridgehead atoms. The van der Waals surface area contributed by atoms with Crippen LogP contribution in [-0.2, 0) is 4.79 Å². The molecule has 0 radical (unpaired) electrons. The van der Waals surface area contributed by atoms with Crippen molar-refractivity contribution in [1.29, 1.82) is 0 Å². The number of hydrogen-bond donors (Lipinski definition) is 1. The largest absolute Gasteiger partial charge is 0.477 e. The Labute approximate surface area is 140 Å². The summed E-state index contributed by atoms with van der Waals surface area (Å²) >= 11 is 0. The van der Waals surface area contributed by atoms with E-state index in [1.54, 1.807) is 37.3 Å². The SMILES string of the molecule is C=C(/C=C1/N=C(C(=O)O)C=C(C2CC2)N1C)c1cccc(C)c1F. The van der Waals surface area contributed by atoms with Gasteiger partial charge in [0.1, 0.15) is 11.6 Å². The molecule has 3 rings (SSSR count). The number of halogens is 1. The standard InChI is InChI=1S/C19H19FN2O2/c1-11-5-4-6-14(18(11)20)12(2)9-17-21-15(19(23)24)10-16(22(17)3)13-7-8-13/h4-6,9-10,13H,2,7-8H2,1,3H3,(H,23,24)/b17-9-. The Balaban J connectivity index is 1.99. The van der Waals surface area contributed by atoms with E-state index < -0.39 is 5.97 Å². The zero-order valence-electron chi connectivity index (χ0n) is 13.7. The Morgan fingerprint density at radius 1 is 1.46 bits per heavy atom. The van der Waals surface area contributed by atoms with Gasteiger partial charge in [-0.2, -0.15) is 0 Å². The summed E-state index contributed by atoms with van der Waals surface area (Å²) < 4.78 is 14.3. The number of hydrogen-bond acceptors (Lipinski definition) is 3. The third-order valence-electron chi connectivity index (χ3n) is 4.31. The number of nitrogens with zero attached hydrogens (tertiary/aromatic N) is 2. The smallest absolute Gasteiger partial charge is 0.354 e. The molecule has 4 nitrogen and oxygen atoms in total. The summed E-state index contributed by atoms with van der Waals surface area (Å²) in [6, 6.07) is 5.12. The normalized spacial score (nSPS) is 19.1. The third kappa shape index (κ3) is 3.02. The van der Waals surface area contributed by atoms with Crippen LogP contribution >= 0.6 is 0 Å². The molecular formula is C19H19FN2O2. The zero-order chi connectivity index (χ0) is 17.4. The summed E-state index contributed by atoms with van der Waals surface area (Å²) in [5.41, 5.74) is 2.33. The number of carboxylic acids is 1. The lowest BCUT2D eigenvalue weighted by atomic mass is 10.0. The molecule has 0 spiro atoms. The molecular weight excluding hydrogens is 307 g/mol. The van der Waals surface area contributed by atoms with Gasteiger partial charge in [0, 0.05) is 18.3 Å². The number of benzene rings is 1. The maximum Gasteiger partial charge on any atom is 0.354 e. The van der Waals surface area contributed by atoms with Crippen LogP contribution in [0, 0.1) is 18.7 Å². The van der Waals surface area contributed by atoms with Gasteiger partial charge >= 0.3 is 5.97 Å². The van der Waals surface area contributed by atoms with Crippen molar-refractivity contribution in [1.82, 2.24) is 4.90 Å². The molecule has 1 aliphatic heterocycles. The maximum absolute atomic E-state index is 14.3. The van der Waals surface area contributed by atoms with E-state index in [9.17, 15) is 14.3 Å². The zero-order valence-corrected chi connectivity index (χ0v) is 13.7. The van der Waals surface area contributed by atoms with Crippen LogP contribution < -0.4 is 0 Å². The number of aliphatic imine (C=N–C) groups is 1. The quantitative estimate of drug-likeness (QED) is 0.917. The topological polar surface area (TPSA) is 52.9 Å². The second-order valence-corrected chi connectivity index (χ2v) is 6.17. The number of aryl methyl sites for hydroxylation is 1. The monoisotopic (exact) mass is 326 g/mol. The van der Waals surface area contributed by atoms with Gasteiger partial charge in [-0.15, -0.1) is 0 Å². The summed E-state index contributed by atoms with van der Waals surface area (Å²) in [5, 5.41) is 9.29. The molecule has 0 saturated heterocycles. The predicted molar refractivity (Wildman–Crippen MR) is 91.9 cm³/mol. The highest BCUT2D eigenvalue weighted by Crippen LogP contribution is 2.40.